The Balaban J connectivity index is 1.03. The number of hydrogen-bond donors (Lipinski definition) is 0. The molecule has 2 heterocycles. The Hall–Kier alpha value is -7.68. The van der Waals surface area contributed by atoms with Crippen molar-refractivity contribution in [1.29, 1.82) is 0 Å². The highest BCUT2D eigenvalue weighted by Crippen LogP contribution is 2.41. The quantitative estimate of drug-likeness (QED) is 0.156. The van der Waals surface area contributed by atoms with Crippen LogP contribution < -0.4 is 0 Å². The van der Waals surface area contributed by atoms with Crippen LogP contribution in [0.2, 0.25) is 0 Å². The molecule has 58 heavy (non-hydrogen) atoms. The van der Waals surface area contributed by atoms with Gasteiger partial charge in [-0.25, -0.2) is 0 Å². The van der Waals surface area contributed by atoms with E-state index in [1.807, 2.05) is 0 Å². The third-order valence-electron chi connectivity index (χ3n) is 12.1. The fourth-order valence-electron chi connectivity index (χ4n) is 9.48. The smallest absolute Gasteiger partial charge is 0.0541 e. The van der Waals surface area contributed by atoms with Crippen molar-refractivity contribution in [1.82, 2.24) is 9.13 Å². The van der Waals surface area contributed by atoms with Crippen molar-refractivity contribution in [2.24, 2.45) is 0 Å². The molecule has 0 unspecified atom stereocenters. The Bertz CT molecular complexity index is 3440. The second kappa shape index (κ2) is 12.9. The van der Waals surface area contributed by atoms with Gasteiger partial charge in [-0.2, -0.15) is 0 Å². The van der Waals surface area contributed by atoms with Crippen LogP contribution in [0.15, 0.2) is 218 Å². The maximum absolute atomic E-state index is 2.40. The molecule has 0 spiro atoms. The van der Waals surface area contributed by atoms with Crippen LogP contribution in [-0.4, -0.2) is 9.13 Å². The Kier molecular flexibility index (Phi) is 7.26. The number of para-hydroxylation sites is 4. The molecule has 0 amide bonds. The van der Waals surface area contributed by atoms with Crippen molar-refractivity contribution in [3.63, 3.8) is 0 Å². The molecule has 0 aliphatic rings. The number of hydrogen-bond acceptors (Lipinski definition) is 0. The molecule has 12 aromatic rings. The van der Waals surface area contributed by atoms with Gasteiger partial charge in [0.25, 0.3) is 0 Å². The molecule has 0 saturated carbocycles. The van der Waals surface area contributed by atoms with E-state index >= 15 is 0 Å². The van der Waals surface area contributed by atoms with Crippen LogP contribution in [0.25, 0.3) is 110 Å². The van der Waals surface area contributed by atoms with Gasteiger partial charge in [-0.15, -0.1) is 0 Å². The Morgan fingerprint density at radius 3 is 1.19 bits per heavy atom. The van der Waals surface area contributed by atoms with E-state index in [0.717, 1.165) is 11.4 Å². The number of benzene rings is 10. The molecule has 0 aliphatic heterocycles. The van der Waals surface area contributed by atoms with Crippen molar-refractivity contribution in [3.8, 4) is 44.8 Å². The lowest BCUT2D eigenvalue weighted by Gasteiger charge is -2.17. The van der Waals surface area contributed by atoms with Crippen molar-refractivity contribution in [3.05, 3.63) is 218 Å². The number of nitrogens with zero attached hydrogens (tertiary/aromatic N) is 2. The molecule has 0 aliphatic carbocycles. The van der Waals surface area contributed by atoms with E-state index in [2.05, 4.69) is 228 Å². The molecule has 10 aromatic carbocycles. The zero-order valence-electron chi connectivity index (χ0n) is 31.7. The SMILES string of the molecule is c1ccc2c(c1)ccc1cccc(-c3ccc(-c4ccc(-n5c6ccccc6c6ccccc65)cc4)c(-c4ccc(-n5c6ccccc6c6ccccc65)cc4)c3)c12. The van der Waals surface area contributed by atoms with Gasteiger partial charge in [-0.3, -0.25) is 0 Å². The summed E-state index contributed by atoms with van der Waals surface area (Å²) < 4.78 is 4.77. The molecular weight excluding hydrogens is 701 g/mol. The second-order valence-corrected chi connectivity index (χ2v) is 15.3. The fraction of sp³-hybridized carbons (Fsp3) is 0. The van der Waals surface area contributed by atoms with E-state index in [4.69, 9.17) is 0 Å². The number of rotatable bonds is 5. The molecular formula is C56H36N2. The van der Waals surface area contributed by atoms with Crippen LogP contribution in [0.5, 0.6) is 0 Å². The van der Waals surface area contributed by atoms with Crippen LogP contribution >= 0.6 is 0 Å². The summed E-state index contributed by atoms with van der Waals surface area (Å²) in [6, 6.07) is 80.1. The topological polar surface area (TPSA) is 9.86 Å². The highest BCUT2D eigenvalue weighted by atomic mass is 15.0. The summed E-state index contributed by atoms with van der Waals surface area (Å²) in [7, 11) is 0. The average Bonchev–Trinajstić information content (AvgIpc) is 3.82. The fourth-order valence-corrected chi connectivity index (χ4v) is 9.48. The van der Waals surface area contributed by atoms with Crippen LogP contribution in [0.3, 0.4) is 0 Å². The van der Waals surface area contributed by atoms with Crippen molar-refractivity contribution in [2.75, 3.05) is 0 Å². The molecule has 270 valence electrons. The van der Waals surface area contributed by atoms with E-state index in [0.29, 0.717) is 0 Å². The van der Waals surface area contributed by atoms with E-state index in [9.17, 15) is 0 Å². The summed E-state index contributed by atoms with van der Waals surface area (Å²) in [4.78, 5) is 0. The van der Waals surface area contributed by atoms with Gasteiger partial charge < -0.3 is 9.13 Å². The van der Waals surface area contributed by atoms with Crippen LogP contribution in [0, 0.1) is 0 Å². The Morgan fingerprint density at radius 2 is 0.655 bits per heavy atom. The highest BCUT2D eigenvalue weighted by Gasteiger charge is 2.17. The van der Waals surface area contributed by atoms with Gasteiger partial charge in [0.15, 0.2) is 0 Å². The third-order valence-corrected chi connectivity index (χ3v) is 12.1. The minimum absolute atomic E-state index is 1.15. The van der Waals surface area contributed by atoms with Crippen LogP contribution in [0.1, 0.15) is 0 Å². The molecule has 0 atom stereocenters. The minimum atomic E-state index is 1.15. The largest absolute Gasteiger partial charge is 0.309 e. The summed E-state index contributed by atoms with van der Waals surface area (Å²) in [6.07, 6.45) is 0. The van der Waals surface area contributed by atoms with Crippen LogP contribution in [0.4, 0.5) is 0 Å². The first-order valence-corrected chi connectivity index (χ1v) is 20.0. The van der Waals surface area contributed by atoms with Gasteiger partial charge in [-0.1, -0.05) is 164 Å². The molecule has 0 fully saturated rings. The summed E-state index contributed by atoms with van der Waals surface area (Å²) in [6.45, 7) is 0. The Morgan fingerprint density at radius 1 is 0.241 bits per heavy atom. The lowest BCUT2D eigenvalue weighted by atomic mass is 9.88. The van der Waals surface area contributed by atoms with E-state index in [1.54, 1.807) is 0 Å². The minimum Gasteiger partial charge on any atom is -0.309 e. The molecule has 2 aromatic heterocycles. The van der Waals surface area contributed by atoms with E-state index < -0.39 is 0 Å². The van der Waals surface area contributed by atoms with Crippen molar-refractivity contribution in [2.45, 2.75) is 0 Å². The zero-order valence-corrected chi connectivity index (χ0v) is 31.7. The molecule has 12 rings (SSSR count). The molecule has 0 saturated heterocycles. The zero-order chi connectivity index (χ0) is 38.2. The molecule has 0 N–H and O–H groups in total. The summed E-state index contributed by atoms with van der Waals surface area (Å²) >= 11 is 0. The third kappa shape index (κ3) is 4.99. The van der Waals surface area contributed by atoms with Crippen molar-refractivity contribution < 1.29 is 0 Å². The molecule has 2 nitrogen and oxygen atoms in total. The van der Waals surface area contributed by atoms with Gasteiger partial charge >= 0.3 is 0 Å². The number of fused-ring (bicyclic) bond motifs is 9. The monoisotopic (exact) mass is 736 g/mol. The van der Waals surface area contributed by atoms with Gasteiger partial charge in [0.2, 0.25) is 0 Å². The summed E-state index contributed by atoms with van der Waals surface area (Å²) in [5, 5.41) is 10.1. The van der Waals surface area contributed by atoms with E-state index in [1.165, 1.54) is 98.5 Å². The maximum atomic E-state index is 2.40. The van der Waals surface area contributed by atoms with Crippen molar-refractivity contribution >= 4 is 65.2 Å². The standard InChI is InChI=1S/C56H36N2/c1-2-14-45-37(12-1)24-25-40-13-11-19-46(56(40)45)41-30-35-44(38-26-31-42(32-27-38)57-52-20-7-3-15-47(52)48-16-4-8-21-53(48)57)51(36-41)39-28-33-43(34-29-39)58-54-22-9-5-17-49(54)50-18-6-10-23-55(50)58/h1-36H. The number of aromatic nitrogens is 2. The van der Waals surface area contributed by atoms with Gasteiger partial charge in [0, 0.05) is 32.9 Å². The summed E-state index contributed by atoms with van der Waals surface area (Å²) in [5.74, 6) is 0. The lowest BCUT2D eigenvalue weighted by Crippen LogP contribution is -1.95. The first-order valence-electron chi connectivity index (χ1n) is 20.0. The van der Waals surface area contributed by atoms with Gasteiger partial charge in [-0.05, 0) is 110 Å². The first kappa shape index (κ1) is 32.6. The molecule has 0 bridgehead atoms. The predicted molar refractivity (Wildman–Crippen MR) is 246 cm³/mol. The maximum Gasteiger partial charge on any atom is 0.0541 e. The highest BCUT2D eigenvalue weighted by molar-refractivity contribution is 6.15. The summed E-state index contributed by atoms with van der Waals surface area (Å²) in [5.41, 5.74) is 14.4. The van der Waals surface area contributed by atoms with Gasteiger partial charge in [0.1, 0.15) is 0 Å². The Labute approximate surface area is 336 Å². The second-order valence-electron chi connectivity index (χ2n) is 15.3. The predicted octanol–water partition coefficient (Wildman–Crippen LogP) is 15.2. The normalized spacial score (nSPS) is 11.8. The first-order chi connectivity index (χ1) is 28.8. The van der Waals surface area contributed by atoms with Crippen LogP contribution in [-0.2, 0) is 0 Å². The van der Waals surface area contributed by atoms with Gasteiger partial charge in [0.05, 0.1) is 22.1 Å². The lowest BCUT2D eigenvalue weighted by molar-refractivity contribution is 1.18. The average molecular weight is 737 g/mol. The molecule has 0 radical (unpaired) electrons. The van der Waals surface area contributed by atoms with E-state index in [-0.39, 0.29) is 0 Å². The molecule has 2 heteroatoms.